The summed E-state index contributed by atoms with van der Waals surface area (Å²) in [5.41, 5.74) is 4.04. The summed E-state index contributed by atoms with van der Waals surface area (Å²) in [6.07, 6.45) is 3.06. The SMILES string of the molecule is CCc1cccc2c([C@@H](CC(=O)NCC(C)C)c3cccc([N+](=O)[O-])c3)c[nH]c12. The zero-order chi connectivity index (χ0) is 21.0. The predicted octanol–water partition coefficient (Wildman–Crippen LogP) is 4.93. The molecule has 6 heteroatoms. The van der Waals surface area contributed by atoms with Crippen LogP contribution in [-0.4, -0.2) is 22.4 Å². The highest BCUT2D eigenvalue weighted by atomic mass is 16.6. The van der Waals surface area contributed by atoms with Gasteiger partial charge in [-0.3, -0.25) is 14.9 Å². The number of amides is 1. The minimum absolute atomic E-state index is 0.0316. The lowest BCUT2D eigenvalue weighted by molar-refractivity contribution is -0.384. The molecule has 152 valence electrons. The van der Waals surface area contributed by atoms with Gasteiger partial charge in [0.15, 0.2) is 0 Å². The summed E-state index contributed by atoms with van der Waals surface area (Å²) < 4.78 is 0. The number of nitrogens with one attached hydrogen (secondary N) is 2. The first kappa shape index (κ1) is 20.6. The Morgan fingerprint density at radius 2 is 1.97 bits per heavy atom. The Morgan fingerprint density at radius 1 is 1.21 bits per heavy atom. The van der Waals surface area contributed by atoms with Crippen LogP contribution >= 0.6 is 0 Å². The largest absolute Gasteiger partial charge is 0.361 e. The van der Waals surface area contributed by atoms with Gasteiger partial charge in [0.25, 0.3) is 5.69 Å². The number of aryl methyl sites for hydroxylation is 1. The van der Waals surface area contributed by atoms with E-state index in [4.69, 9.17) is 0 Å². The molecule has 0 unspecified atom stereocenters. The van der Waals surface area contributed by atoms with Gasteiger partial charge in [0.1, 0.15) is 0 Å². The molecule has 3 aromatic rings. The first-order valence-corrected chi connectivity index (χ1v) is 10.0. The van der Waals surface area contributed by atoms with E-state index in [0.717, 1.165) is 28.5 Å². The van der Waals surface area contributed by atoms with E-state index in [1.807, 2.05) is 38.2 Å². The number of H-pyrrole nitrogens is 1. The van der Waals surface area contributed by atoms with Crippen molar-refractivity contribution in [1.29, 1.82) is 0 Å². The van der Waals surface area contributed by atoms with Gasteiger partial charge < -0.3 is 10.3 Å². The molecule has 0 aliphatic rings. The minimum Gasteiger partial charge on any atom is -0.361 e. The van der Waals surface area contributed by atoms with Crippen molar-refractivity contribution in [2.45, 2.75) is 39.5 Å². The second-order valence-corrected chi connectivity index (χ2v) is 7.74. The number of benzene rings is 2. The molecular weight excluding hydrogens is 366 g/mol. The monoisotopic (exact) mass is 393 g/mol. The first-order valence-electron chi connectivity index (χ1n) is 10.0. The Morgan fingerprint density at radius 3 is 2.66 bits per heavy atom. The lowest BCUT2D eigenvalue weighted by Gasteiger charge is -2.18. The van der Waals surface area contributed by atoms with Crippen molar-refractivity contribution in [2.75, 3.05) is 6.54 Å². The number of aromatic amines is 1. The molecule has 1 atom stereocenters. The van der Waals surface area contributed by atoms with Crippen molar-refractivity contribution in [2.24, 2.45) is 5.92 Å². The number of carbonyl (C=O) groups excluding carboxylic acids is 1. The van der Waals surface area contributed by atoms with Crippen LogP contribution in [0, 0.1) is 16.0 Å². The Kier molecular flexibility index (Phi) is 6.32. The van der Waals surface area contributed by atoms with Crippen molar-refractivity contribution in [3.8, 4) is 0 Å². The molecule has 0 aliphatic heterocycles. The van der Waals surface area contributed by atoms with Gasteiger partial charge in [0.2, 0.25) is 5.91 Å². The molecule has 2 N–H and O–H groups in total. The van der Waals surface area contributed by atoms with Gasteiger partial charge in [0.05, 0.1) is 4.92 Å². The molecule has 0 aliphatic carbocycles. The van der Waals surface area contributed by atoms with Crippen LogP contribution in [0.4, 0.5) is 5.69 Å². The van der Waals surface area contributed by atoms with Crippen molar-refractivity contribution in [3.05, 3.63) is 75.5 Å². The maximum absolute atomic E-state index is 12.6. The van der Waals surface area contributed by atoms with Crippen LogP contribution in [0.25, 0.3) is 10.9 Å². The van der Waals surface area contributed by atoms with Gasteiger partial charge in [-0.1, -0.05) is 51.1 Å². The number of aromatic nitrogens is 1. The molecule has 2 aromatic carbocycles. The number of hydrogen-bond donors (Lipinski definition) is 2. The van der Waals surface area contributed by atoms with Crippen LogP contribution in [0.2, 0.25) is 0 Å². The van der Waals surface area contributed by atoms with Crippen molar-refractivity contribution in [3.63, 3.8) is 0 Å². The second kappa shape index (κ2) is 8.90. The van der Waals surface area contributed by atoms with Gasteiger partial charge in [-0.15, -0.1) is 0 Å². The summed E-state index contributed by atoms with van der Waals surface area (Å²) in [4.78, 5) is 26.9. The number of carbonyl (C=O) groups is 1. The molecule has 1 amide bonds. The fourth-order valence-corrected chi connectivity index (χ4v) is 3.66. The molecule has 0 fully saturated rings. The lowest BCUT2D eigenvalue weighted by Crippen LogP contribution is -2.28. The molecule has 0 radical (unpaired) electrons. The van der Waals surface area contributed by atoms with E-state index in [2.05, 4.69) is 23.3 Å². The first-order chi connectivity index (χ1) is 13.9. The third-order valence-electron chi connectivity index (χ3n) is 5.17. The quantitative estimate of drug-likeness (QED) is 0.420. The van der Waals surface area contributed by atoms with E-state index in [1.54, 1.807) is 12.1 Å². The molecule has 3 rings (SSSR count). The lowest BCUT2D eigenvalue weighted by atomic mass is 9.87. The summed E-state index contributed by atoms with van der Waals surface area (Å²) in [6, 6.07) is 12.7. The summed E-state index contributed by atoms with van der Waals surface area (Å²) in [7, 11) is 0. The van der Waals surface area contributed by atoms with Gasteiger partial charge in [-0.25, -0.2) is 0 Å². The predicted molar refractivity (Wildman–Crippen MR) is 115 cm³/mol. The smallest absolute Gasteiger partial charge is 0.269 e. The third kappa shape index (κ3) is 4.65. The van der Waals surface area contributed by atoms with Gasteiger partial charge >= 0.3 is 0 Å². The average molecular weight is 393 g/mol. The Labute approximate surface area is 170 Å². The Hall–Kier alpha value is -3.15. The fraction of sp³-hybridized carbons (Fsp3) is 0.348. The van der Waals surface area contributed by atoms with Crippen LogP contribution in [0.15, 0.2) is 48.7 Å². The number of para-hydroxylation sites is 1. The molecular formula is C23H27N3O3. The molecule has 1 aromatic heterocycles. The van der Waals surface area contributed by atoms with Crippen molar-refractivity contribution < 1.29 is 9.72 Å². The van der Waals surface area contributed by atoms with E-state index < -0.39 is 4.92 Å². The summed E-state index contributed by atoms with van der Waals surface area (Å²) in [6.45, 7) is 6.80. The Bertz CT molecular complexity index is 1020. The molecule has 0 saturated heterocycles. The zero-order valence-electron chi connectivity index (χ0n) is 17.1. The summed E-state index contributed by atoms with van der Waals surface area (Å²) in [5.74, 6) is 0.0227. The fourth-order valence-electron chi connectivity index (χ4n) is 3.66. The highest BCUT2D eigenvalue weighted by Crippen LogP contribution is 2.35. The van der Waals surface area contributed by atoms with Crippen molar-refractivity contribution in [1.82, 2.24) is 10.3 Å². The van der Waals surface area contributed by atoms with E-state index in [9.17, 15) is 14.9 Å². The van der Waals surface area contributed by atoms with Gasteiger partial charge in [0, 0.05) is 48.1 Å². The van der Waals surface area contributed by atoms with E-state index in [-0.39, 0.29) is 23.9 Å². The van der Waals surface area contributed by atoms with Crippen LogP contribution in [-0.2, 0) is 11.2 Å². The van der Waals surface area contributed by atoms with E-state index >= 15 is 0 Å². The number of non-ortho nitro benzene ring substituents is 1. The number of fused-ring (bicyclic) bond motifs is 1. The molecule has 0 bridgehead atoms. The normalized spacial score (nSPS) is 12.3. The number of nitrogens with zero attached hydrogens (tertiary/aromatic N) is 1. The number of nitro groups is 1. The highest BCUT2D eigenvalue weighted by Gasteiger charge is 2.23. The van der Waals surface area contributed by atoms with Crippen LogP contribution < -0.4 is 5.32 Å². The minimum atomic E-state index is -0.399. The summed E-state index contributed by atoms with van der Waals surface area (Å²) >= 11 is 0. The van der Waals surface area contributed by atoms with E-state index in [1.165, 1.54) is 11.6 Å². The second-order valence-electron chi connectivity index (χ2n) is 7.74. The van der Waals surface area contributed by atoms with Gasteiger partial charge in [-0.05, 0) is 29.0 Å². The molecule has 1 heterocycles. The van der Waals surface area contributed by atoms with Crippen LogP contribution in [0.3, 0.4) is 0 Å². The molecule has 0 saturated carbocycles. The highest BCUT2D eigenvalue weighted by molar-refractivity contribution is 5.88. The number of nitro benzene ring substituents is 1. The maximum Gasteiger partial charge on any atom is 0.269 e. The standard InChI is InChI=1S/C23H27N3O3/c1-4-16-7-6-10-19-21(14-25-23(16)19)20(12-22(27)24-13-15(2)3)17-8-5-9-18(11-17)26(28)29/h5-11,14-15,20,25H,4,12-13H2,1-3H3,(H,24,27)/t20-/m0/s1. The zero-order valence-corrected chi connectivity index (χ0v) is 17.1. The molecule has 6 nitrogen and oxygen atoms in total. The molecule has 29 heavy (non-hydrogen) atoms. The van der Waals surface area contributed by atoms with Gasteiger partial charge in [-0.2, -0.15) is 0 Å². The van der Waals surface area contributed by atoms with Crippen LogP contribution in [0.5, 0.6) is 0 Å². The maximum atomic E-state index is 12.6. The number of rotatable bonds is 8. The topological polar surface area (TPSA) is 88.0 Å². The Balaban J connectivity index is 2.05. The molecule has 0 spiro atoms. The average Bonchev–Trinajstić information content (AvgIpc) is 3.14. The van der Waals surface area contributed by atoms with E-state index in [0.29, 0.717) is 12.5 Å². The van der Waals surface area contributed by atoms with Crippen LogP contribution in [0.1, 0.15) is 49.8 Å². The number of hydrogen-bond acceptors (Lipinski definition) is 3. The third-order valence-corrected chi connectivity index (χ3v) is 5.17. The van der Waals surface area contributed by atoms with Crippen molar-refractivity contribution >= 4 is 22.5 Å². The summed E-state index contributed by atoms with van der Waals surface area (Å²) in [5, 5.41) is 15.3.